The molecule has 3 aromatic heterocycles. The van der Waals surface area contributed by atoms with Crippen LogP contribution in [0.5, 0.6) is 0 Å². The SMILES string of the molecule is Cc1cn2nc(-c3ccc4c(=O)n([C@@H]5CCN[C@@H](C)C5)ncc4c3)cc(C)c2n1. The fourth-order valence-corrected chi connectivity index (χ4v) is 4.30. The monoisotopic (exact) mass is 388 g/mol. The molecule has 7 heteroatoms. The molecule has 1 aromatic carbocycles. The average Bonchev–Trinajstić information content (AvgIpc) is 3.09. The lowest BCUT2D eigenvalue weighted by atomic mass is 10.0. The lowest BCUT2D eigenvalue weighted by Crippen LogP contribution is -2.40. The highest BCUT2D eigenvalue weighted by atomic mass is 16.1. The van der Waals surface area contributed by atoms with Crippen LogP contribution >= 0.6 is 0 Å². The van der Waals surface area contributed by atoms with Gasteiger partial charge in [-0.1, -0.05) is 6.07 Å². The second-order valence-electron chi connectivity index (χ2n) is 8.09. The number of fused-ring (bicyclic) bond motifs is 2. The normalized spacial score (nSPS) is 19.8. The Kier molecular flexibility index (Phi) is 4.20. The highest BCUT2D eigenvalue weighted by Crippen LogP contribution is 2.25. The van der Waals surface area contributed by atoms with Gasteiger partial charge in [0.1, 0.15) is 0 Å². The molecule has 0 aliphatic carbocycles. The van der Waals surface area contributed by atoms with Crippen LogP contribution in [-0.2, 0) is 0 Å². The van der Waals surface area contributed by atoms with E-state index < -0.39 is 0 Å². The van der Waals surface area contributed by atoms with Gasteiger partial charge >= 0.3 is 0 Å². The standard InChI is InChI=1S/C22H24N6O/c1-13-8-20(26-27-12-15(3)25-21(13)27)16-4-5-19-17(10-16)11-24-28(22(19)29)18-6-7-23-14(2)9-18/h4-5,8,10-12,14,18,23H,6-7,9H2,1-3H3/t14-,18+/m0/s1. The van der Waals surface area contributed by atoms with Crippen LogP contribution in [0.15, 0.2) is 41.5 Å². The summed E-state index contributed by atoms with van der Waals surface area (Å²) in [6, 6.07) is 8.45. The summed E-state index contributed by atoms with van der Waals surface area (Å²) in [7, 11) is 0. The molecule has 1 N–H and O–H groups in total. The number of hydrogen-bond acceptors (Lipinski definition) is 5. The maximum absolute atomic E-state index is 13.1. The van der Waals surface area contributed by atoms with Gasteiger partial charge in [0.25, 0.3) is 5.56 Å². The van der Waals surface area contributed by atoms with E-state index in [9.17, 15) is 4.79 Å². The van der Waals surface area contributed by atoms with Gasteiger partial charge in [-0.2, -0.15) is 10.2 Å². The minimum atomic E-state index is -0.0158. The number of aromatic nitrogens is 5. The summed E-state index contributed by atoms with van der Waals surface area (Å²) in [6.07, 6.45) is 5.57. The van der Waals surface area contributed by atoms with Crippen molar-refractivity contribution < 1.29 is 0 Å². The van der Waals surface area contributed by atoms with Crippen LogP contribution < -0.4 is 10.9 Å². The van der Waals surface area contributed by atoms with Crippen LogP contribution in [0.3, 0.4) is 0 Å². The van der Waals surface area contributed by atoms with Gasteiger partial charge in [-0.05, 0) is 63.9 Å². The number of piperidine rings is 1. The Hall–Kier alpha value is -3.06. The van der Waals surface area contributed by atoms with E-state index in [1.165, 1.54) is 0 Å². The Balaban J connectivity index is 1.58. The van der Waals surface area contributed by atoms with Crippen molar-refractivity contribution in [3.05, 3.63) is 58.3 Å². The first-order valence-corrected chi connectivity index (χ1v) is 10.1. The Morgan fingerprint density at radius 1 is 1.21 bits per heavy atom. The molecule has 1 aliphatic heterocycles. The first-order valence-electron chi connectivity index (χ1n) is 10.1. The largest absolute Gasteiger partial charge is 0.314 e. The van der Waals surface area contributed by atoms with Crippen molar-refractivity contribution in [1.29, 1.82) is 0 Å². The van der Waals surface area contributed by atoms with Crippen LogP contribution in [0.25, 0.3) is 27.7 Å². The topological polar surface area (TPSA) is 77.1 Å². The lowest BCUT2D eigenvalue weighted by Gasteiger charge is -2.28. The summed E-state index contributed by atoms with van der Waals surface area (Å²) in [4.78, 5) is 17.6. The average molecular weight is 388 g/mol. The molecular formula is C22H24N6O. The predicted molar refractivity (Wildman–Crippen MR) is 113 cm³/mol. The van der Waals surface area contributed by atoms with E-state index in [0.717, 1.165) is 52.9 Å². The summed E-state index contributed by atoms with van der Waals surface area (Å²) in [5, 5.41) is 14.2. The van der Waals surface area contributed by atoms with Gasteiger partial charge in [0.15, 0.2) is 5.65 Å². The lowest BCUT2D eigenvalue weighted by molar-refractivity contribution is 0.288. The number of nitrogens with one attached hydrogen (secondary N) is 1. The smallest absolute Gasteiger partial charge is 0.274 e. The third kappa shape index (κ3) is 3.11. The van der Waals surface area contributed by atoms with Gasteiger partial charge in [0.05, 0.1) is 35.2 Å². The number of hydrogen-bond donors (Lipinski definition) is 1. The van der Waals surface area contributed by atoms with E-state index in [0.29, 0.717) is 11.4 Å². The molecule has 4 heterocycles. The Bertz CT molecular complexity index is 1290. The molecule has 0 unspecified atom stereocenters. The summed E-state index contributed by atoms with van der Waals surface area (Å²) in [5.74, 6) is 0. The fraction of sp³-hybridized carbons (Fsp3) is 0.364. The number of rotatable bonds is 2. The van der Waals surface area contributed by atoms with Crippen molar-refractivity contribution in [2.45, 2.75) is 45.7 Å². The molecule has 5 rings (SSSR count). The van der Waals surface area contributed by atoms with Crippen LogP contribution in [0.4, 0.5) is 0 Å². The first kappa shape index (κ1) is 18.0. The first-order chi connectivity index (χ1) is 14.0. The molecule has 2 atom stereocenters. The van der Waals surface area contributed by atoms with Gasteiger partial charge in [0.2, 0.25) is 0 Å². The Morgan fingerprint density at radius 3 is 2.90 bits per heavy atom. The van der Waals surface area contributed by atoms with Gasteiger partial charge in [-0.25, -0.2) is 14.2 Å². The molecule has 0 spiro atoms. The van der Waals surface area contributed by atoms with Crippen LogP contribution in [0.2, 0.25) is 0 Å². The molecule has 1 aliphatic rings. The van der Waals surface area contributed by atoms with Crippen molar-refractivity contribution in [2.24, 2.45) is 0 Å². The maximum Gasteiger partial charge on any atom is 0.274 e. The Morgan fingerprint density at radius 2 is 2.07 bits per heavy atom. The zero-order valence-electron chi connectivity index (χ0n) is 16.9. The van der Waals surface area contributed by atoms with Crippen LogP contribution in [0.1, 0.15) is 37.1 Å². The van der Waals surface area contributed by atoms with Gasteiger partial charge in [-0.15, -0.1) is 0 Å². The molecule has 29 heavy (non-hydrogen) atoms. The van der Waals surface area contributed by atoms with Gasteiger partial charge in [0, 0.05) is 17.0 Å². The predicted octanol–water partition coefficient (Wildman–Crippen LogP) is 3.04. The zero-order valence-corrected chi connectivity index (χ0v) is 16.9. The van der Waals surface area contributed by atoms with Crippen LogP contribution in [-0.4, -0.2) is 37.0 Å². The van der Waals surface area contributed by atoms with Crippen molar-refractivity contribution in [2.75, 3.05) is 6.54 Å². The molecule has 1 saturated heterocycles. The van der Waals surface area contributed by atoms with Crippen LogP contribution in [0, 0.1) is 13.8 Å². The molecule has 148 valence electrons. The molecule has 0 saturated carbocycles. The fourth-order valence-electron chi connectivity index (χ4n) is 4.30. The Labute approximate surface area is 168 Å². The quantitative estimate of drug-likeness (QED) is 0.571. The van der Waals surface area contributed by atoms with E-state index in [1.807, 2.05) is 48.8 Å². The number of benzene rings is 1. The van der Waals surface area contributed by atoms with E-state index >= 15 is 0 Å². The molecule has 0 amide bonds. The maximum atomic E-state index is 13.1. The van der Waals surface area contributed by atoms with Crippen molar-refractivity contribution >= 4 is 16.4 Å². The highest BCUT2D eigenvalue weighted by Gasteiger charge is 2.22. The summed E-state index contributed by atoms with van der Waals surface area (Å²) >= 11 is 0. The third-order valence-electron chi connectivity index (χ3n) is 5.78. The molecule has 4 aromatic rings. The molecular weight excluding hydrogens is 364 g/mol. The number of nitrogens with zero attached hydrogens (tertiary/aromatic N) is 5. The molecule has 0 radical (unpaired) electrons. The summed E-state index contributed by atoms with van der Waals surface area (Å²) in [5.41, 5.74) is 4.67. The minimum absolute atomic E-state index is 0.0158. The molecule has 7 nitrogen and oxygen atoms in total. The highest BCUT2D eigenvalue weighted by molar-refractivity contribution is 5.85. The summed E-state index contributed by atoms with van der Waals surface area (Å²) < 4.78 is 3.49. The van der Waals surface area contributed by atoms with Crippen molar-refractivity contribution in [1.82, 2.24) is 29.7 Å². The van der Waals surface area contributed by atoms with E-state index in [-0.39, 0.29) is 11.6 Å². The van der Waals surface area contributed by atoms with E-state index in [2.05, 4.69) is 22.3 Å². The second-order valence-corrected chi connectivity index (χ2v) is 8.09. The second kappa shape index (κ2) is 6.77. The van der Waals surface area contributed by atoms with Crippen molar-refractivity contribution in [3.63, 3.8) is 0 Å². The third-order valence-corrected chi connectivity index (χ3v) is 5.78. The molecule has 0 bridgehead atoms. The van der Waals surface area contributed by atoms with Crippen molar-refractivity contribution in [3.8, 4) is 11.3 Å². The van der Waals surface area contributed by atoms with E-state index in [1.54, 1.807) is 10.9 Å². The van der Waals surface area contributed by atoms with Gasteiger partial charge in [-0.3, -0.25) is 4.79 Å². The van der Waals surface area contributed by atoms with Gasteiger partial charge < -0.3 is 5.32 Å². The number of aryl methyl sites for hydroxylation is 2. The number of imidazole rings is 1. The molecule has 1 fully saturated rings. The summed E-state index contributed by atoms with van der Waals surface area (Å²) in [6.45, 7) is 7.06. The minimum Gasteiger partial charge on any atom is -0.314 e. The zero-order chi connectivity index (χ0) is 20.1. The van der Waals surface area contributed by atoms with E-state index in [4.69, 9.17) is 5.10 Å².